The molecular weight excluding hydrogens is 474 g/mol. The molecule has 1 saturated carbocycles. The molecule has 37 heavy (non-hydrogen) atoms. The Labute approximate surface area is 217 Å². The van der Waals surface area contributed by atoms with Crippen LogP contribution in [0.4, 0.5) is 4.79 Å². The number of benzene rings is 1. The van der Waals surface area contributed by atoms with Crippen molar-refractivity contribution in [2.75, 3.05) is 6.54 Å². The minimum Gasteiger partial charge on any atom is -0.363 e. The van der Waals surface area contributed by atoms with Crippen LogP contribution in [-0.2, 0) is 32.0 Å². The summed E-state index contributed by atoms with van der Waals surface area (Å²) < 4.78 is 0. The van der Waals surface area contributed by atoms with Gasteiger partial charge in [0.25, 0.3) is 5.91 Å². The number of ketones is 1. The van der Waals surface area contributed by atoms with E-state index in [0.717, 1.165) is 24.0 Å². The number of likely N-dealkylation sites (tertiary alicyclic amines) is 1. The molecule has 3 atom stereocenters. The average molecular weight is 512 g/mol. The highest BCUT2D eigenvalue weighted by atomic mass is 16.2. The molecule has 4 rings (SSSR count). The number of urea groups is 1. The third-order valence-electron chi connectivity index (χ3n) is 7.51. The smallest absolute Gasteiger partial charge is 0.315 e. The summed E-state index contributed by atoms with van der Waals surface area (Å²) in [4.78, 5) is 65.2. The molecule has 10 nitrogen and oxygen atoms in total. The van der Waals surface area contributed by atoms with Crippen LogP contribution in [0.25, 0.3) is 0 Å². The highest BCUT2D eigenvalue weighted by Crippen LogP contribution is 2.34. The lowest BCUT2D eigenvalue weighted by Crippen LogP contribution is -2.59. The molecule has 1 unspecified atom stereocenters. The second-order valence-electron chi connectivity index (χ2n) is 10.8. The fourth-order valence-electron chi connectivity index (χ4n) is 5.49. The summed E-state index contributed by atoms with van der Waals surface area (Å²) in [6, 6.07) is 4.89. The molecule has 10 heteroatoms. The molecular formula is C27H37N5O5. The van der Waals surface area contributed by atoms with Crippen LogP contribution < -0.4 is 21.7 Å². The molecule has 0 spiro atoms. The van der Waals surface area contributed by atoms with E-state index in [9.17, 15) is 24.0 Å². The van der Waals surface area contributed by atoms with Crippen molar-refractivity contribution in [3.8, 4) is 0 Å². The minimum atomic E-state index is -1.08. The lowest BCUT2D eigenvalue weighted by Gasteiger charge is -2.32. The molecule has 200 valence electrons. The number of nitrogens with zero attached hydrogens (tertiary/aromatic N) is 1. The topological polar surface area (TPSA) is 151 Å². The first-order valence-electron chi connectivity index (χ1n) is 13.2. The van der Waals surface area contributed by atoms with Crippen LogP contribution in [0.3, 0.4) is 0 Å². The minimum absolute atomic E-state index is 0.104. The summed E-state index contributed by atoms with van der Waals surface area (Å²) in [7, 11) is 0. The van der Waals surface area contributed by atoms with Crippen molar-refractivity contribution in [2.45, 2.75) is 83.0 Å². The SMILES string of the molecule is CC(C)NC(=O)N[C@H](C(=O)N1CCC[C@H]1C(=O)NC(CC1CC1)C(=O)C(N)=O)C1Cc2ccccc2C1. The number of Topliss-reactive ketones (excluding diaryl/α,β-unsaturated/α-hetero) is 1. The summed E-state index contributed by atoms with van der Waals surface area (Å²) in [5, 5.41) is 8.37. The largest absolute Gasteiger partial charge is 0.363 e. The van der Waals surface area contributed by atoms with Crippen molar-refractivity contribution < 1.29 is 24.0 Å². The van der Waals surface area contributed by atoms with Crippen LogP contribution in [-0.4, -0.2) is 65.1 Å². The summed E-state index contributed by atoms with van der Waals surface area (Å²) in [6.45, 7) is 4.06. The predicted molar refractivity (Wildman–Crippen MR) is 136 cm³/mol. The van der Waals surface area contributed by atoms with Gasteiger partial charge in [0.2, 0.25) is 17.6 Å². The third kappa shape index (κ3) is 6.47. The van der Waals surface area contributed by atoms with Gasteiger partial charge in [-0.2, -0.15) is 0 Å². The Balaban J connectivity index is 1.50. The highest BCUT2D eigenvalue weighted by molar-refractivity contribution is 6.37. The number of primary amides is 1. The number of rotatable bonds is 10. The summed E-state index contributed by atoms with van der Waals surface area (Å²) >= 11 is 0. The Morgan fingerprint density at radius 1 is 0.973 bits per heavy atom. The monoisotopic (exact) mass is 511 g/mol. The normalized spacial score (nSPS) is 20.7. The van der Waals surface area contributed by atoms with E-state index in [1.807, 2.05) is 38.1 Å². The van der Waals surface area contributed by atoms with Gasteiger partial charge >= 0.3 is 6.03 Å². The van der Waals surface area contributed by atoms with Crippen molar-refractivity contribution in [3.05, 3.63) is 35.4 Å². The fourth-order valence-corrected chi connectivity index (χ4v) is 5.49. The Morgan fingerprint density at radius 3 is 2.19 bits per heavy atom. The van der Waals surface area contributed by atoms with Gasteiger partial charge in [-0.15, -0.1) is 0 Å². The summed E-state index contributed by atoms with van der Waals surface area (Å²) in [6.07, 6.45) is 4.62. The first kappa shape index (κ1) is 26.6. The standard InChI is InChI=1S/C27H37N5O5/c1-15(2)29-27(37)31-22(19-13-17-6-3-4-7-18(17)14-19)26(36)32-11-5-8-21(32)25(35)30-20(12-16-9-10-16)23(33)24(28)34/h3-4,6-7,15-16,19-22H,5,8-14H2,1-2H3,(H2,28,34)(H,30,35)(H2,29,31,37)/t20?,21-,22-/m0/s1. The van der Waals surface area contributed by atoms with Gasteiger partial charge in [0.15, 0.2) is 0 Å². The maximum Gasteiger partial charge on any atom is 0.315 e. The van der Waals surface area contributed by atoms with Crippen molar-refractivity contribution in [1.29, 1.82) is 0 Å². The molecule has 2 fully saturated rings. The zero-order valence-electron chi connectivity index (χ0n) is 21.5. The zero-order chi connectivity index (χ0) is 26.7. The molecule has 1 aromatic rings. The number of fused-ring (bicyclic) bond motifs is 1. The molecule has 0 aromatic heterocycles. The van der Waals surface area contributed by atoms with Gasteiger partial charge < -0.3 is 26.6 Å². The molecule has 0 radical (unpaired) electrons. The van der Waals surface area contributed by atoms with Gasteiger partial charge in [-0.25, -0.2) is 4.79 Å². The van der Waals surface area contributed by atoms with E-state index in [-0.39, 0.29) is 23.8 Å². The van der Waals surface area contributed by atoms with Gasteiger partial charge in [-0.3, -0.25) is 19.2 Å². The van der Waals surface area contributed by atoms with E-state index in [4.69, 9.17) is 5.73 Å². The van der Waals surface area contributed by atoms with E-state index in [1.54, 1.807) is 0 Å². The summed E-state index contributed by atoms with van der Waals surface area (Å²) in [5.41, 5.74) is 7.52. The highest BCUT2D eigenvalue weighted by Gasteiger charge is 2.43. The predicted octanol–water partition coefficient (Wildman–Crippen LogP) is 0.808. The van der Waals surface area contributed by atoms with Crippen molar-refractivity contribution in [3.63, 3.8) is 0 Å². The number of amides is 5. The van der Waals surface area contributed by atoms with Crippen LogP contribution in [0.5, 0.6) is 0 Å². The van der Waals surface area contributed by atoms with Gasteiger partial charge in [-0.1, -0.05) is 37.1 Å². The number of hydrogen-bond acceptors (Lipinski definition) is 5. The second kappa shape index (κ2) is 11.3. The third-order valence-corrected chi connectivity index (χ3v) is 7.51. The van der Waals surface area contributed by atoms with Gasteiger partial charge in [0.05, 0.1) is 6.04 Å². The fraction of sp³-hybridized carbons (Fsp3) is 0.593. The van der Waals surface area contributed by atoms with Gasteiger partial charge in [0.1, 0.15) is 12.1 Å². The molecule has 5 amide bonds. The Morgan fingerprint density at radius 2 is 1.62 bits per heavy atom. The van der Waals surface area contributed by atoms with E-state index in [1.165, 1.54) is 4.90 Å². The molecule has 1 saturated heterocycles. The van der Waals surface area contributed by atoms with Crippen molar-refractivity contribution in [1.82, 2.24) is 20.9 Å². The average Bonchev–Trinajstić information content (AvgIpc) is 3.35. The summed E-state index contributed by atoms with van der Waals surface area (Å²) in [5.74, 6) is -2.53. The van der Waals surface area contributed by atoms with Gasteiger partial charge in [0, 0.05) is 12.6 Å². The first-order chi connectivity index (χ1) is 17.6. The van der Waals surface area contributed by atoms with E-state index in [2.05, 4.69) is 16.0 Å². The molecule has 2 aliphatic carbocycles. The Hall–Kier alpha value is -3.43. The molecule has 1 heterocycles. The molecule has 5 N–H and O–H groups in total. The lowest BCUT2D eigenvalue weighted by atomic mass is 9.94. The quantitative estimate of drug-likeness (QED) is 0.343. The first-order valence-corrected chi connectivity index (χ1v) is 13.2. The molecule has 1 aromatic carbocycles. The second-order valence-corrected chi connectivity index (χ2v) is 10.8. The Kier molecular flexibility index (Phi) is 8.14. The number of carbonyl (C=O) groups excluding carboxylic acids is 5. The molecule has 1 aliphatic heterocycles. The van der Waals surface area contributed by atoms with Gasteiger partial charge in [-0.05, 0) is 68.9 Å². The van der Waals surface area contributed by atoms with Crippen LogP contribution in [0.2, 0.25) is 0 Å². The zero-order valence-corrected chi connectivity index (χ0v) is 21.5. The van der Waals surface area contributed by atoms with E-state index >= 15 is 0 Å². The van der Waals surface area contributed by atoms with Crippen molar-refractivity contribution in [2.24, 2.45) is 17.6 Å². The maximum atomic E-state index is 13.9. The van der Waals surface area contributed by atoms with Crippen LogP contribution >= 0.6 is 0 Å². The van der Waals surface area contributed by atoms with E-state index in [0.29, 0.717) is 38.6 Å². The van der Waals surface area contributed by atoms with E-state index < -0.39 is 41.8 Å². The maximum absolute atomic E-state index is 13.9. The number of nitrogens with two attached hydrogens (primary N) is 1. The van der Waals surface area contributed by atoms with Crippen LogP contribution in [0.15, 0.2) is 24.3 Å². The Bertz CT molecular complexity index is 1040. The van der Waals surface area contributed by atoms with Crippen LogP contribution in [0, 0.1) is 11.8 Å². The number of hydrogen-bond donors (Lipinski definition) is 4. The number of nitrogens with one attached hydrogen (secondary N) is 3. The molecule has 0 bridgehead atoms. The molecule has 3 aliphatic rings. The van der Waals surface area contributed by atoms with Crippen molar-refractivity contribution >= 4 is 29.5 Å². The lowest BCUT2D eigenvalue weighted by molar-refractivity contribution is -0.142. The number of carbonyl (C=O) groups is 5. The van der Waals surface area contributed by atoms with Crippen LogP contribution in [0.1, 0.15) is 57.1 Å².